The molecule has 6 nitrogen and oxygen atoms in total. The molecule has 0 fully saturated rings. The highest BCUT2D eigenvalue weighted by Crippen LogP contribution is 2.16. The molecule has 0 rings (SSSR count). The van der Waals surface area contributed by atoms with Crippen LogP contribution in [-0.2, 0) is 28.6 Å². The minimum Gasteiger partial charge on any atom is -0.462 e. The molecule has 400 valence electrons. The lowest BCUT2D eigenvalue weighted by molar-refractivity contribution is -0.167. The van der Waals surface area contributed by atoms with Crippen molar-refractivity contribution >= 4 is 17.9 Å². The molecule has 1 atom stereocenters. The fourth-order valence-electron chi connectivity index (χ4n) is 8.01. The van der Waals surface area contributed by atoms with Gasteiger partial charge in [0.2, 0.25) is 0 Å². The SMILES string of the molecule is CC/C=C\C/C=C\C/C=C\C/C=C\CCCCCCC(=O)OCC(COC(=O)CCCCCCCCCCCCCCCCCCCC)OC(=O)CCCCCC/C=C\C/C=C\C/C=C\C/C=C\CC. The summed E-state index contributed by atoms with van der Waals surface area (Å²) in [7, 11) is 0. The van der Waals surface area contributed by atoms with Gasteiger partial charge in [0.15, 0.2) is 6.10 Å². The molecule has 0 saturated heterocycles. The number of esters is 3. The van der Waals surface area contributed by atoms with Gasteiger partial charge in [0.1, 0.15) is 13.2 Å². The lowest BCUT2D eigenvalue weighted by atomic mass is 10.0. The predicted octanol–water partition coefficient (Wildman–Crippen LogP) is 19.7. The van der Waals surface area contributed by atoms with E-state index in [1.807, 2.05) is 0 Å². The first-order chi connectivity index (χ1) is 34.5. The Morgan fingerprint density at radius 2 is 0.557 bits per heavy atom. The summed E-state index contributed by atoms with van der Waals surface area (Å²) in [6.45, 7) is 6.39. The lowest BCUT2D eigenvalue weighted by Gasteiger charge is -2.18. The average molecular weight is 974 g/mol. The van der Waals surface area contributed by atoms with Crippen LogP contribution in [0.5, 0.6) is 0 Å². The number of carbonyl (C=O) groups is 3. The second kappa shape index (κ2) is 57.9. The number of unbranched alkanes of at least 4 members (excludes halogenated alkanes) is 25. The predicted molar refractivity (Wildman–Crippen MR) is 302 cm³/mol. The molecule has 70 heavy (non-hydrogen) atoms. The Bertz CT molecular complexity index is 1400. The van der Waals surface area contributed by atoms with Gasteiger partial charge >= 0.3 is 17.9 Å². The zero-order chi connectivity index (χ0) is 50.7. The quantitative estimate of drug-likeness (QED) is 0.0262. The summed E-state index contributed by atoms with van der Waals surface area (Å²) in [4.78, 5) is 38.2. The standard InChI is InChI=1S/C64H108O6/c1-4-7-10-13-16-19-22-25-28-31-34-36-39-42-45-48-51-54-57-63(66)69-60-61(70-64(67)58-55-52-49-46-43-40-37-33-30-27-24-21-18-15-12-9-6-3)59-68-62(65)56-53-50-47-44-41-38-35-32-29-26-23-20-17-14-11-8-5-2/h8-9,11-12,17-18,20-21,26-27,29-30,35,37-38,40,61H,4-7,10,13-16,19,22-25,28,31-34,36,39,41-60H2,1-3H3/b11-8-,12-9-,20-17-,21-18-,29-26-,30-27-,38-35-,40-37-. The van der Waals surface area contributed by atoms with Crippen molar-refractivity contribution in [3.63, 3.8) is 0 Å². The van der Waals surface area contributed by atoms with Gasteiger partial charge in [-0.1, -0.05) is 253 Å². The third-order valence-corrected chi connectivity index (χ3v) is 12.3. The van der Waals surface area contributed by atoms with E-state index in [4.69, 9.17) is 14.2 Å². The van der Waals surface area contributed by atoms with Crippen LogP contribution in [0.1, 0.15) is 271 Å². The van der Waals surface area contributed by atoms with Crippen molar-refractivity contribution in [2.45, 2.75) is 277 Å². The maximum absolute atomic E-state index is 12.9. The summed E-state index contributed by atoms with van der Waals surface area (Å²) in [5.74, 6) is -0.936. The third kappa shape index (κ3) is 55.3. The zero-order valence-corrected chi connectivity index (χ0v) is 45.8. The number of ether oxygens (including phenoxy) is 3. The number of allylic oxidation sites excluding steroid dienone is 16. The molecule has 0 saturated carbocycles. The summed E-state index contributed by atoms with van der Waals surface area (Å²) in [5.41, 5.74) is 0. The molecule has 0 bridgehead atoms. The Balaban J connectivity index is 4.46. The molecule has 0 aromatic heterocycles. The Labute approximate surface area is 432 Å². The van der Waals surface area contributed by atoms with Crippen LogP contribution in [0, 0.1) is 0 Å². The van der Waals surface area contributed by atoms with E-state index in [-0.39, 0.29) is 31.1 Å². The Morgan fingerprint density at radius 3 is 0.871 bits per heavy atom. The molecule has 0 heterocycles. The van der Waals surface area contributed by atoms with E-state index in [9.17, 15) is 14.4 Å². The summed E-state index contributed by atoms with van der Waals surface area (Å²) < 4.78 is 16.9. The van der Waals surface area contributed by atoms with Gasteiger partial charge in [-0.2, -0.15) is 0 Å². The van der Waals surface area contributed by atoms with E-state index in [2.05, 4.69) is 118 Å². The van der Waals surface area contributed by atoms with Crippen LogP contribution in [-0.4, -0.2) is 37.2 Å². The largest absolute Gasteiger partial charge is 0.462 e. The summed E-state index contributed by atoms with van der Waals surface area (Å²) >= 11 is 0. The van der Waals surface area contributed by atoms with Crippen LogP contribution in [0.25, 0.3) is 0 Å². The van der Waals surface area contributed by atoms with Gasteiger partial charge in [-0.05, 0) is 96.3 Å². The van der Waals surface area contributed by atoms with E-state index in [0.29, 0.717) is 19.3 Å². The smallest absolute Gasteiger partial charge is 0.306 e. The Hall–Kier alpha value is -3.67. The second-order valence-electron chi connectivity index (χ2n) is 19.1. The van der Waals surface area contributed by atoms with E-state index in [1.165, 1.54) is 96.3 Å². The minimum atomic E-state index is -0.801. The van der Waals surface area contributed by atoms with Crippen LogP contribution in [0.15, 0.2) is 97.2 Å². The summed E-state index contributed by atoms with van der Waals surface area (Å²) in [6.07, 6.45) is 76.8. The fraction of sp³-hybridized carbons (Fsp3) is 0.703. The van der Waals surface area contributed by atoms with Crippen molar-refractivity contribution in [2.75, 3.05) is 13.2 Å². The van der Waals surface area contributed by atoms with Gasteiger partial charge in [-0.25, -0.2) is 0 Å². The van der Waals surface area contributed by atoms with E-state index in [0.717, 1.165) is 135 Å². The number of hydrogen-bond acceptors (Lipinski definition) is 6. The van der Waals surface area contributed by atoms with Crippen molar-refractivity contribution in [3.05, 3.63) is 97.2 Å². The van der Waals surface area contributed by atoms with Crippen molar-refractivity contribution in [1.29, 1.82) is 0 Å². The van der Waals surface area contributed by atoms with Crippen LogP contribution < -0.4 is 0 Å². The van der Waals surface area contributed by atoms with Crippen molar-refractivity contribution < 1.29 is 28.6 Å². The van der Waals surface area contributed by atoms with Gasteiger partial charge < -0.3 is 14.2 Å². The highest BCUT2D eigenvalue weighted by atomic mass is 16.6. The first kappa shape index (κ1) is 66.3. The van der Waals surface area contributed by atoms with Crippen molar-refractivity contribution in [1.82, 2.24) is 0 Å². The first-order valence-corrected chi connectivity index (χ1v) is 29.2. The van der Waals surface area contributed by atoms with Gasteiger partial charge in [0.05, 0.1) is 0 Å². The zero-order valence-electron chi connectivity index (χ0n) is 45.8. The number of rotatable bonds is 52. The second-order valence-corrected chi connectivity index (χ2v) is 19.1. The lowest BCUT2D eigenvalue weighted by Crippen LogP contribution is -2.30. The van der Waals surface area contributed by atoms with Crippen molar-refractivity contribution in [3.8, 4) is 0 Å². The summed E-state index contributed by atoms with van der Waals surface area (Å²) in [5, 5.41) is 0. The molecule has 0 amide bonds. The highest BCUT2D eigenvalue weighted by molar-refractivity contribution is 5.71. The molecule has 0 aliphatic heterocycles. The summed E-state index contributed by atoms with van der Waals surface area (Å²) in [6, 6.07) is 0. The van der Waals surface area contributed by atoms with E-state index in [1.54, 1.807) is 0 Å². The van der Waals surface area contributed by atoms with Gasteiger partial charge in [0, 0.05) is 19.3 Å². The van der Waals surface area contributed by atoms with Gasteiger partial charge in [-0.15, -0.1) is 0 Å². The topological polar surface area (TPSA) is 78.9 Å². The molecular formula is C64H108O6. The highest BCUT2D eigenvalue weighted by Gasteiger charge is 2.19. The number of hydrogen-bond donors (Lipinski definition) is 0. The molecule has 0 N–H and O–H groups in total. The van der Waals surface area contributed by atoms with Crippen LogP contribution in [0.2, 0.25) is 0 Å². The molecule has 0 aliphatic rings. The van der Waals surface area contributed by atoms with Crippen LogP contribution in [0.4, 0.5) is 0 Å². The monoisotopic (exact) mass is 973 g/mol. The maximum atomic E-state index is 12.9. The van der Waals surface area contributed by atoms with E-state index >= 15 is 0 Å². The maximum Gasteiger partial charge on any atom is 0.306 e. The molecule has 0 spiro atoms. The van der Waals surface area contributed by atoms with Crippen LogP contribution in [0.3, 0.4) is 0 Å². The molecule has 1 unspecified atom stereocenters. The molecule has 0 aliphatic carbocycles. The molecule has 0 radical (unpaired) electrons. The van der Waals surface area contributed by atoms with E-state index < -0.39 is 6.10 Å². The van der Waals surface area contributed by atoms with Gasteiger partial charge in [-0.3, -0.25) is 14.4 Å². The number of carbonyl (C=O) groups excluding carboxylic acids is 3. The van der Waals surface area contributed by atoms with Crippen LogP contribution >= 0.6 is 0 Å². The normalized spacial score (nSPS) is 12.8. The average Bonchev–Trinajstić information content (AvgIpc) is 3.36. The van der Waals surface area contributed by atoms with Gasteiger partial charge in [0.25, 0.3) is 0 Å². The Morgan fingerprint density at radius 1 is 0.300 bits per heavy atom. The minimum absolute atomic E-state index is 0.0942. The first-order valence-electron chi connectivity index (χ1n) is 29.2. The Kier molecular flexibility index (Phi) is 54.9. The molecule has 6 heteroatoms. The molecule has 0 aromatic carbocycles. The van der Waals surface area contributed by atoms with Crippen molar-refractivity contribution in [2.24, 2.45) is 0 Å². The fourth-order valence-corrected chi connectivity index (χ4v) is 8.01. The molecule has 0 aromatic rings. The molecular weight excluding hydrogens is 865 g/mol. The third-order valence-electron chi connectivity index (χ3n) is 12.3.